The van der Waals surface area contributed by atoms with Crippen molar-refractivity contribution in [3.8, 4) is 0 Å². The maximum absolute atomic E-state index is 13.6. The minimum absolute atomic E-state index is 0.187. The zero-order valence-corrected chi connectivity index (χ0v) is 11.3. The Kier molecular flexibility index (Phi) is 5.01. The number of amides is 1. The number of nitrogens with two attached hydrogens (primary N) is 1. The molecule has 0 spiro atoms. The van der Waals surface area contributed by atoms with Crippen LogP contribution in [0.4, 0.5) is 8.78 Å². The lowest BCUT2D eigenvalue weighted by Gasteiger charge is -2.31. The van der Waals surface area contributed by atoms with Crippen LogP contribution in [0.1, 0.15) is 37.0 Å². The Morgan fingerprint density at radius 2 is 2.00 bits per heavy atom. The van der Waals surface area contributed by atoms with Gasteiger partial charge >= 0.3 is 0 Å². The number of carbonyl (C=O) groups is 1. The maximum atomic E-state index is 13.6. The van der Waals surface area contributed by atoms with Gasteiger partial charge in [0.05, 0.1) is 5.56 Å². The van der Waals surface area contributed by atoms with Gasteiger partial charge < -0.3 is 16.3 Å². The normalized spacial score (nSPS) is 12.3. The summed E-state index contributed by atoms with van der Waals surface area (Å²) < 4.78 is 26.7. The first-order valence-electron chi connectivity index (χ1n) is 6.16. The van der Waals surface area contributed by atoms with Gasteiger partial charge in [-0.15, -0.1) is 0 Å². The maximum Gasteiger partial charge on any atom is 0.255 e. The Bertz CT molecular complexity index is 528. The van der Waals surface area contributed by atoms with E-state index in [0.717, 1.165) is 12.1 Å². The molecule has 0 radical (unpaired) electrons. The molecule has 5 nitrogen and oxygen atoms in total. The van der Waals surface area contributed by atoms with Gasteiger partial charge in [0.15, 0.2) is 17.5 Å². The third kappa shape index (κ3) is 2.87. The van der Waals surface area contributed by atoms with Crippen molar-refractivity contribution in [2.75, 3.05) is 0 Å². The van der Waals surface area contributed by atoms with Gasteiger partial charge in [-0.25, -0.2) is 8.78 Å². The van der Waals surface area contributed by atoms with E-state index in [0.29, 0.717) is 12.8 Å². The van der Waals surface area contributed by atoms with Gasteiger partial charge in [-0.3, -0.25) is 4.79 Å². The van der Waals surface area contributed by atoms with Crippen molar-refractivity contribution in [3.63, 3.8) is 0 Å². The van der Waals surface area contributed by atoms with Crippen LogP contribution < -0.4 is 11.1 Å². The SMILES string of the molecule is CCC(CC)(NC(=O)c1cccc(F)c1F)C(N)=NO. The highest BCUT2D eigenvalue weighted by molar-refractivity contribution is 6.00. The van der Waals surface area contributed by atoms with Gasteiger partial charge in [0.1, 0.15) is 5.54 Å². The van der Waals surface area contributed by atoms with Gasteiger partial charge in [-0.2, -0.15) is 0 Å². The summed E-state index contributed by atoms with van der Waals surface area (Å²) in [6, 6.07) is 3.31. The van der Waals surface area contributed by atoms with E-state index in [1.165, 1.54) is 6.07 Å². The fourth-order valence-electron chi connectivity index (χ4n) is 1.91. The molecule has 0 saturated carbocycles. The zero-order valence-electron chi connectivity index (χ0n) is 11.3. The van der Waals surface area contributed by atoms with Gasteiger partial charge in [0.2, 0.25) is 0 Å². The Hall–Kier alpha value is -2.18. The average molecular weight is 285 g/mol. The quantitative estimate of drug-likeness (QED) is 0.334. The van der Waals surface area contributed by atoms with Gasteiger partial charge in [0, 0.05) is 0 Å². The highest BCUT2D eigenvalue weighted by atomic mass is 19.2. The van der Waals surface area contributed by atoms with Crippen molar-refractivity contribution in [2.24, 2.45) is 10.9 Å². The number of nitrogens with one attached hydrogen (secondary N) is 1. The predicted octanol–water partition coefficient (Wildman–Crippen LogP) is 2.00. The second-order valence-corrected chi connectivity index (χ2v) is 4.33. The molecule has 1 aromatic rings. The number of amidine groups is 1. The molecule has 0 bridgehead atoms. The molecule has 0 aliphatic rings. The summed E-state index contributed by atoms with van der Waals surface area (Å²) in [4.78, 5) is 12.1. The third-order valence-electron chi connectivity index (χ3n) is 3.35. The molecular weight excluding hydrogens is 268 g/mol. The number of oxime groups is 1. The molecule has 0 saturated heterocycles. The zero-order chi connectivity index (χ0) is 15.3. The first kappa shape index (κ1) is 15.9. The largest absolute Gasteiger partial charge is 0.409 e. The van der Waals surface area contributed by atoms with Crippen molar-refractivity contribution in [1.82, 2.24) is 5.32 Å². The summed E-state index contributed by atoms with van der Waals surface area (Å²) in [7, 11) is 0. The van der Waals surface area contributed by atoms with E-state index < -0.39 is 28.6 Å². The van der Waals surface area contributed by atoms with E-state index in [9.17, 15) is 13.6 Å². The summed E-state index contributed by atoms with van der Waals surface area (Å²) in [5.41, 5.74) is 4.05. The monoisotopic (exact) mass is 285 g/mol. The molecule has 0 aliphatic carbocycles. The van der Waals surface area contributed by atoms with Crippen molar-refractivity contribution in [3.05, 3.63) is 35.4 Å². The summed E-state index contributed by atoms with van der Waals surface area (Å²) in [5.74, 6) is -3.35. The molecule has 0 aromatic heterocycles. The van der Waals surface area contributed by atoms with E-state index in [1.54, 1.807) is 13.8 Å². The molecule has 1 rings (SSSR count). The molecule has 4 N–H and O–H groups in total. The minimum Gasteiger partial charge on any atom is -0.409 e. The molecule has 0 unspecified atom stereocenters. The van der Waals surface area contributed by atoms with Gasteiger partial charge in [-0.1, -0.05) is 25.1 Å². The minimum atomic E-state index is -1.23. The predicted molar refractivity (Wildman–Crippen MR) is 70.5 cm³/mol. The van der Waals surface area contributed by atoms with Crippen molar-refractivity contribution in [1.29, 1.82) is 0 Å². The van der Waals surface area contributed by atoms with Crippen molar-refractivity contribution >= 4 is 11.7 Å². The first-order valence-corrected chi connectivity index (χ1v) is 6.16. The molecule has 20 heavy (non-hydrogen) atoms. The first-order chi connectivity index (χ1) is 9.41. The smallest absolute Gasteiger partial charge is 0.255 e. The summed E-state index contributed by atoms with van der Waals surface area (Å²) in [6.07, 6.45) is 0.671. The standard InChI is InChI=1S/C13H17F2N3O2/c1-3-13(4-2,12(16)18-20)17-11(19)8-6-5-7-9(14)10(8)15/h5-7,20H,3-4H2,1-2H3,(H2,16,18)(H,17,19). The van der Waals surface area contributed by atoms with Gasteiger partial charge in [-0.05, 0) is 25.0 Å². The van der Waals surface area contributed by atoms with Crippen LogP contribution in [0.25, 0.3) is 0 Å². The Morgan fingerprint density at radius 1 is 1.40 bits per heavy atom. The van der Waals surface area contributed by atoms with Crippen LogP contribution in [0.5, 0.6) is 0 Å². The number of halogens is 2. The molecular formula is C13H17F2N3O2. The van der Waals surface area contributed by atoms with E-state index in [-0.39, 0.29) is 5.84 Å². The second-order valence-electron chi connectivity index (χ2n) is 4.33. The molecule has 1 aromatic carbocycles. The Morgan fingerprint density at radius 3 is 2.50 bits per heavy atom. The summed E-state index contributed by atoms with van der Waals surface area (Å²) in [5, 5.41) is 14.2. The molecule has 110 valence electrons. The number of benzene rings is 1. The van der Waals surface area contributed by atoms with Gasteiger partial charge in [0.25, 0.3) is 5.91 Å². The molecule has 1 amide bonds. The highest BCUT2D eigenvalue weighted by Crippen LogP contribution is 2.18. The van der Waals surface area contributed by atoms with E-state index >= 15 is 0 Å². The highest BCUT2D eigenvalue weighted by Gasteiger charge is 2.34. The lowest BCUT2D eigenvalue weighted by molar-refractivity contribution is 0.0912. The summed E-state index contributed by atoms with van der Waals surface area (Å²) in [6.45, 7) is 3.45. The second kappa shape index (κ2) is 6.31. The molecule has 0 heterocycles. The van der Waals surface area contributed by atoms with Crippen LogP contribution >= 0.6 is 0 Å². The van der Waals surface area contributed by atoms with E-state index in [4.69, 9.17) is 10.9 Å². The molecule has 0 aliphatic heterocycles. The Labute approximate surface area is 115 Å². The lowest BCUT2D eigenvalue weighted by Crippen LogP contribution is -2.57. The topological polar surface area (TPSA) is 87.7 Å². The third-order valence-corrected chi connectivity index (χ3v) is 3.35. The van der Waals surface area contributed by atoms with E-state index in [2.05, 4.69) is 10.5 Å². The fraction of sp³-hybridized carbons (Fsp3) is 0.385. The molecule has 0 fully saturated rings. The summed E-state index contributed by atoms with van der Waals surface area (Å²) >= 11 is 0. The van der Waals surface area contributed by atoms with Crippen LogP contribution in [-0.2, 0) is 0 Å². The van der Waals surface area contributed by atoms with Crippen molar-refractivity contribution < 1.29 is 18.8 Å². The van der Waals surface area contributed by atoms with E-state index in [1.807, 2.05) is 0 Å². The number of rotatable bonds is 5. The number of nitrogens with zero attached hydrogens (tertiary/aromatic N) is 1. The average Bonchev–Trinajstić information content (AvgIpc) is 2.46. The molecule has 0 atom stereocenters. The van der Waals surface area contributed by atoms with Crippen LogP contribution in [0, 0.1) is 11.6 Å². The number of carbonyl (C=O) groups excluding carboxylic acids is 1. The van der Waals surface area contributed by atoms with Crippen LogP contribution in [0.15, 0.2) is 23.4 Å². The lowest BCUT2D eigenvalue weighted by atomic mass is 9.91. The molecule has 7 heteroatoms. The van der Waals surface area contributed by atoms with Crippen LogP contribution in [0.2, 0.25) is 0 Å². The van der Waals surface area contributed by atoms with Crippen molar-refractivity contribution in [2.45, 2.75) is 32.2 Å². The fourth-order valence-corrected chi connectivity index (χ4v) is 1.91. The van der Waals surface area contributed by atoms with Crippen LogP contribution in [0.3, 0.4) is 0 Å². The number of hydrogen-bond acceptors (Lipinski definition) is 3. The van der Waals surface area contributed by atoms with Crippen LogP contribution in [-0.4, -0.2) is 22.5 Å². The Balaban J connectivity index is 3.12. The number of hydrogen-bond donors (Lipinski definition) is 3.